The average Bonchev–Trinajstić information content (AvgIpc) is 2.71. The van der Waals surface area contributed by atoms with Gasteiger partial charge in [-0.1, -0.05) is 30.3 Å². The largest absolute Gasteiger partial charge is 0.543 e. The van der Waals surface area contributed by atoms with Gasteiger partial charge in [0.2, 0.25) is 0 Å². The molecule has 0 saturated heterocycles. The Morgan fingerprint density at radius 2 is 1.88 bits per heavy atom. The van der Waals surface area contributed by atoms with Crippen molar-refractivity contribution in [1.82, 2.24) is 9.78 Å². The van der Waals surface area contributed by atoms with Gasteiger partial charge in [0.25, 0.3) is 0 Å². The normalized spacial score (nSPS) is 10.2. The minimum Gasteiger partial charge on any atom is -0.543 e. The molecule has 1 heterocycles. The Bertz CT molecular complexity index is 573. The highest BCUT2D eigenvalue weighted by molar-refractivity contribution is 6.13. The van der Waals surface area contributed by atoms with Gasteiger partial charge in [-0.2, -0.15) is 5.10 Å². The Morgan fingerprint density at radius 1 is 1.24 bits per heavy atom. The van der Waals surface area contributed by atoms with E-state index in [1.165, 1.54) is 13.2 Å². The number of hydrogen-bond acceptors (Lipinski definition) is 4. The third kappa shape index (κ3) is 1.94. The molecule has 0 amide bonds. The number of nitrogens with zero attached hydrogens (tertiary/aromatic N) is 2. The molecule has 0 aliphatic rings. The van der Waals surface area contributed by atoms with E-state index in [0.29, 0.717) is 5.56 Å². The second-order valence-corrected chi connectivity index (χ2v) is 3.51. The number of carbonyl (C=O) groups is 2. The third-order valence-electron chi connectivity index (χ3n) is 2.41. The van der Waals surface area contributed by atoms with Gasteiger partial charge in [0.1, 0.15) is 0 Å². The molecule has 5 heteroatoms. The first-order chi connectivity index (χ1) is 8.11. The minimum atomic E-state index is -1.41. The van der Waals surface area contributed by atoms with E-state index in [0.717, 1.165) is 4.68 Å². The summed E-state index contributed by atoms with van der Waals surface area (Å²) in [5.74, 6) is -1.79. The van der Waals surface area contributed by atoms with Crippen molar-refractivity contribution in [1.29, 1.82) is 0 Å². The number of aromatic carboxylic acids is 1. The molecule has 0 radical (unpaired) electrons. The summed E-state index contributed by atoms with van der Waals surface area (Å²) in [5.41, 5.74) is 0.251. The smallest absolute Gasteiger partial charge is 0.196 e. The van der Waals surface area contributed by atoms with Crippen LogP contribution in [0.4, 0.5) is 0 Å². The van der Waals surface area contributed by atoms with Crippen LogP contribution in [-0.4, -0.2) is 21.5 Å². The molecule has 5 nitrogen and oxygen atoms in total. The molecule has 0 saturated carbocycles. The second kappa shape index (κ2) is 4.21. The Labute approximate surface area is 97.3 Å². The lowest BCUT2D eigenvalue weighted by Crippen LogP contribution is -2.27. The van der Waals surface area contributed by atoms with E-state index < -0.39 is 5.97 Å². The maximum atomic E-state index is 12.0. The number of carboxylic acid groups (broad SMARTS) is 1. The van der Waals surface area contributed by atoms with E-state index in [-0.39, 0.29) is 17.0 Å². The summed E-state index contributed by atoms with van der Waals surface area (Å²) in [6, 6.07) is 8.44. The van der Waals surface area contributed by atoms with Gasteiger partial charge in [0.15, 0.2) is 5.78 Å². The molecular weight excluding hydrogens is 220 g/mol. The molecule has 0 unspecified atom stereocenters. The highest BCUT2D eigenvalue weighted by atomic mass is 16.4. The van der Waals surface area contributed by atoms with Gasteiger partial charge in [0, 0.05) is 12.6 Å². The van der Waals surface area contributed by atoms with E-state index in [1.807, 2.05) is 0 Å². The molecule has 2 rings (SSSR count). The lowest BCUT2D eigenvalue weighted by molar-refractivity contribution is -0.255. The van der Waals surface area contributed by atoms with Crippen molar-refractivity contribution in [3.63, 3.8) is 0 Å². The van der Waals surface area contributed by atoms with Crippen LogP contribution in [-0.2, 0) is 7.05 Å². The fraction of sp³-hybridized carbons (Fsp3) is 0.0833. The van der Waals surface area contributed by atoms with Crippen LogP contribution in [0.15, 0.2) is 36.5 Å². The number of hydrogen-bond donors (Lipinski definition) is 0. The van der Waals surface area contributed by atoms with Gasteiger partial charge in [-0.3, -0.25) is 9.48 Å². The molecule has 1 aromatic carbocycles. The molecule has 2 aromatic rings. The van der Waals surface area contributed by atoms with Crippen LogP contribution in [0.3, 0.4) is 0 Å². The van der Waals surface area contributed by atoms with Gasteiger partial charge >= 0.3 is 0 Å². The third-order valence-corrected chi connectivity index (χ3v) is 2.41. The van der Waals surface area contributed by atoms with Crippen molar-refractivity contribution < 1.29 is 14.7 Å². The Balaban J connectivity index is 2.49. The quantitative estimate of drug-likeness (QED) is 0.695. The standard InChI is InChI=1S/C12H10N2O3/c1-14-10(12(16)17)9(7-13-14)11(15)8-5-3-2-4-6-8/h2-7H,1H3,(H,16,17)/p-1. The SMILES string of the molecule is Cn1ncc(C(=O)c2ccccc2)c1C(=O)[O-]. The molecule has 0 fully saturated rings. The fourth-order valence-electron chi connectivity index (χ4n) is 1.59. The Kier molecular flexibility index (Phi) is 2.74. The predicted molar refractivity (Wildman–Crippen MR) is 57.4 cm³/mol. The topological polar surface area (TPSA) is 75.0 Å². The van der Waals surface area contributed by atoms with E-state index in [9.17, 15) is 14.7 Å². The van der Waals surface area contributed by atoms with Crippen LogP contribution in [0.2, 0.25) is 0 Å². The maximum absolute atomic E-state index is 12.0. The summed E-state index contributed by atoms with van der Waals surface area (Å²) >= 11 is 0. The van der Waals surface area contributed by atoms with Gasteiger partial charge in [-0.05, 0) is 0 Å². The number of carboxylic acids is 1. The lowest BCUT2D eigenvalue weighted by Gasteiger charge is -2.05. The Hall–Kier alpha value is -2.43. The zero-order valence-electron chi connectivity index (χ0n) is 9.08. The van der Waals surface area contributed by atoms with Crippen LogP contribution in [0.25, 0.3) is 0 Å². The van der Waals surface area contributed by atoms with Crippen LogP contribution >= 0.6 is 0 Å². The molecule has 0 bridgehead atoms. The van der Waals surface area contributed by atoms with Crippen molar-refractivity contribution in [2.24, 2.45) is 7.05 Å². The first-order valence-electron chi connectivity index (χ1n) is 4.94. The molecule has 0 aliphatic heterocycles. The van der Waals surface area contributed by atoms with Crippen LogP contribution < -0.4 is 5.11 Å². The molecule has 1 aromatic heterocycles. The summed E-state index contributed by atoms with van der Waals surface area (Å²) in [6.07, 6.45) is 1.24. The summed E-state index contributed by atoms with van der Waals surface area (Å²) < 4.78 is 1.12. The van der Waals surface area contributed by atoms with Crippen LogP contribution in [0, 0.1) is 0 Å². The first kappa shape index (κ1) is 11.1. The summed E-state index contributed by atoms with van der Waals surface area (Å²) in [6.45, 7) is 0. The van der Waals surface area contributed by atoms with Crippen LogP contribution in [0.1, 0.15) is 26.4 Å². The number of benzene rings is 1. The van der Waals surface area contributed by atoms with E-state index in [1.54, 1.807) is 30.3 Å². The summed E-state index contributed by atoms with van der Waals surface area (Å²) in [5, 5.41) is 14.7. The molecule has 86 valence electrons. The van der Waals surface area contributed by atoms with Gasteiger partial charge in [-0.15, -0.1) is 0 Å². The van der Waals surface area contributed by atoms with Gasteiger partial charge in [-0.25, -0.2) is 0 Å². The highest BCUT2D eigenvalue weighted by Gasteiger charge is 2.17. The van der Waals surface area contributed by atoms with Crippen molar-refractivity contribution in [2.45, 2.75) is 0 Å². The zero-order valence-corrected chi connectivity index (χ0v) is 9.08. The average molecular weight is 229 g/mol. The maximum Gasteiger partial charge on any atom is 0.196 e. The van der Waals surface area contributed by atoms with Gasteiger partial charge in [0.05, 0.1) is 23.4 Å². The van der Waals surface area contributed by atoms with E-state index in [4.69, 9.17) is 0 Å². The molecule has 0 N–H and O–H groups in total. The second-order valence-electron chi connectivity index (χ2n) is 3.51. The highest BCUT2D eigenvalue weighted by Crippen LogP contribution is 2.13. The number of aryl methyl sites for hydroxylation is 1. The number of carbonyl (C=O) groups excluding carboxylic acids is 2. The summed E-state index contributed by atoms with van der Waals surface area (Å²) in [7, 11) is 1.45. The molecular formula is C12H9N2O3-. The fourth-order valence-corrected chi connectivity index (χ4v) is 1.59. The van der Waals surface area contributed by atoms with Crippen molar-refractivity contribution >= 4 is 11.8 Å². The molecule has 0 atom stereocenters. The molecule has 0 spiro atoms. The van der Waals surface area contributed by atoms with E-state index in [2.05, 4.69) is 5.10 Å². The first-order valence-corrected chi connectivity index (χ1v) is 4.94. The monoisotopic (exact) mass is 229 g/mol. The number of rotatable bonds is 3. The van der Waals surface area contributed by atoms with E-state index >= 15 is 0 Å². The Morgan fingerprint density at radius 3 is 2.47 bits per heavy atom. The lowest BCUT2D eigenvalue weighted by atomic mass is 10.0. The van der Waals surface area contributed by atoms with Crippen molar-refractivity contribution in [3.8, 4) is 0 Å². The summed E-state index contributed by atoms with van der Waals surface area (Å²) in [4.78, 5) is 23.0. The van der Waals surface area contributed by atoms with Crippen LogP contribution in [0.5, 0.6) is 0 Å². The predicted octanol–water partition coefficient (Wildman–Crippen LogP) is 0.0146. The number of aromatic nitrogens is 2. The molecule has 17 heavy (non-hydrogen) atoms. The zero-order chi connectivity index (χ0) is 12.4. The minimum absolute atomic E-state index is 0.0405. The van der Waals surface area contributed by atoms with Gasteiger partial charge < -0.3 is 9.90 Å². The van der Waals surface area contributed by atoms with Crippen molar-refractivity contribution in [3.05, 3.63) is 53.3 Å². The number of ketones is 1. The van der Waals surface area contributed by atoms with Crippen molar-refractivity contribution in [2.75, 3.05) is 0 Å². The molecule has 0 aliphatic carbocycles.